The number of nitrogens with zero attached hydrogens (tertiary/aromatic N) is 3. The highest BCUT2D eigenvalue weighted by Crippen LogP contribution is 1.98. The van der Waals surface area contributed by atoms with E-state index in [9.17, 15) is 4.79 Å². The Morgan fingerprint density at radius 2 is 2.10 bits per heavy atom. The molecule has 10 heavy (non-hydrogen) atoms. The molecule has 0 aliphatic rings. The molecule has 0 fully saturated rings. The summed E-state index contributed by atoms with van der Waals surface area (Å²) in [6, 6.07) is -0.804. The van der Waals surface area contributed by atoms with Crippen molar-refractivity contribution in [2.24, 2.45) is 5.73 Å². The van der Waals surface area contributed by atoms with Crippen LogP contribution >= 0.6 is 0 Å². The molecule has 0 bridgehead atoms. The number of amides is 1. The Bertz CT molecular complexity index is 264. The Morgan fingerprint density at radius 3 is 2.30 bits per heavy atom. The quantitative estimate of drug-likeness (QED) is 0.401. The van der Waals surface area contributed by atoms with Crippen LogP contribution in [0.5, 0.6) is 0 Å². The van der Waals surface area contributed by atoms with Crippen molar-refractivity contribution < 1.29 is 4.79 Å². The molecule has 0 radical (unpaired) electrons. The zero-order chi connectivity index (χ0) is 7.72. The number of carbonyl (C=O) groups excluding carboxylic acids is 1. The lowest BCUT2D eigenvalue weighted by molar-refractivity contribution is 0.248. The van der Waals surface area contributed by atoms with Crippen molar-refractivity contribution in [2.75, 3.05) is 11.5 Å². The van der Waals surface area contributed by atoms with Gasteiger partial charge in [-0.2, -0.15) is 4.98 Å². The number of rotatable bonds is 0. The first kappa shape index (κ1) is 6.33. The average molecular weight is 142 g/mol. The molecule has 0 atom stereocenters. The van der Waals surface area contributed by atoms with E-state index in [1.165, 1.54) is 0 Å². The summed E-state index contributed by atoms with van der Waals surface area (Å²) >= 11 is 0. The Hall–Kier alpha value is -1.79. The molecule has 0 spiro atoms. The van der Waals surface area contributed by atoms with Crippen LogP contribution in [-0.2, 0) is 0 Å². The van der Waals surface area contributed by atoms with Gasteiger partial charge in [0.05, 0.1) is 0 Å². The lowest BCUT2D eigenvalue weighted by Crippen LogP contribution is -2.22. The summed E-state index contributed by atoms with van der Waals surface area (Å²) in [6.07, 6.45) is 0. The first-order valence-corrected chi connectivity index (χ1v) is 2.39. The highest BCUT2D eigenvalue weighted by atomic mass is 16.2. The lowest BCUT2D eigenvalue weighted by atomic mass is 10.9. The van der Waals surface area contributed by atoms with Crippen molar-refractivity contribution in [2.45, 2.75) is 0 Å². The van der Waals surface area contributed by atoms with Gasteiger partial charge < -0.3 is 17.2 Å². The predicted octanol–water partition coefficient (Wildman–Crippen LogP) is -1.63. The van der Waals surface area contributed by atoms with Gasteiger partial charge in [-0.15, -0.1) is 9.78 Å². The number of carbonyl (C=O) groups is 1. The summed E-state index contributed by atoms with van der Waals surface area (Å²) in [5.74, 6) is -0.179. The van der Waals surface area contributed by atoms with E-state index in [4.69, 9.17) is 17.2 Å². The topological polar surface area (TPSA) is 126 Å². The summed E-state index contributed by atoms with van der Waals surface area (Å²) < 4.78 is 0.718. The summed E-state index contributed by atoms with van der Waals surface area (Å²) in [6.45, 7) is 0. The molecule has 7 heteroatoms. The highest BCUT2D eigenvalue weighted by Gasteiger charge is 2.06. The molecular weight excluding hydrogens is 136 g/mol. The average Bonchev–Trinajstić information content (AvgIpc) is 2.10. The maximum absolute atomic E-state index is 10.4. The third-order valence-corrected chi connectivity index (χ3v) is 0.857. The zero-order valence-corrected chi connectivity index (χ0v) is 4.98. The molecule has 0 aliphatic carbocycles. The standard InChI is InChI=1S/C3H6N6O/c4-1-7-2(5)9(8-1)3(6)10/h(H2,6,10)(H4,4,5,7,8). The summed E-state index contributed by atoms with van der Waals surface area (Å²) in [7, 11) is 0. The van der Waals surface area contributed by atoms with Crippen LogP contribution in [0, 0.1) is 0 Å². The van der Waals surface area contributed by atoms with Crippen LogP contribution < -0.4 is 17.2 Å². The Balaban J connectivity index is 3.15. The van der Waals surface area contributed by atoms with Crippen LogP contribution in [0.1, 0.15) is 0 Å². The Labute approximate surface area is 55.8 Å². The third-order valence-electron chi connectivity index (χ3n) is 0.857. The van der Waals surface area contributed by atoms with Gasteiger partial charge in [0.2, 0.25) is 11.9 Å². The molecule has 1 amide bonds. The van der Waals surface area contributed by atoms with Gasteiger partial charge >= 0.3 is 6.03 Å². The molecule has 1 heterocycles. The molecule has 0 saturated heterocycles. The molecule has 0 saturated carbocycles. The van der Waals surface area contributed by atoms with Crippen LogP contribution in [0.4, 0.5) is 16.7 Å². The first-order valence-electron chi connectivity index (χ1n) is 2.39. The number of anilines is 2. The number of nitrogen functional groups attached to an aromatic ring is 2. The lowest BCUT2D eigenvalue weighted by Gasteiger charge is -1.90. The first-order chi connectivity index (χ1) is 4.61. The summed E-state index contributed by atoms with van der Waals surface area (Å²) in [5, 5.41) is 3.39. The molecule has 0 aliphatic heterocycles. The van der Waals surface area contributed by atoms with E-state index >= 15 is 0 Å². The van der Waals surface area contributed by atoms with Crippen LogP contribution in [0.25, 0.3) is 0 Å². The predicted molar refractivity (Wildman–Crippen MR) is 33.8 cm³/mol. The second-order valence-electron chi connectivity index (χ2n) is 1.58. The van der Waals surface area contributed by atoms with Crippen molar-refractivity contribution in [3.8, 4) is 0 Å². The van der Waals surface area contributed by atoms with E-state index in [2.05, 4.69) is 10.1 Å². The van der Waals surface area contributed by atoms with E-state index < -0.39 is 6.03 Å². The molecule has 1 aromatic heterocycles. The van der Waals surface area contributed by atoms with Gasteiger partial charge in [-0.3, -0.25) is 0 Å². The number of aromatic nitrogens is 3. The molecule has 1 aromatic rings. The summed E-state index contributed by atoms with van der Waals surface area (Å²) in [5.41, 5.74) is 15.1. The smallest absolute Gasteiger partial charge is 0.342 e. The van der Waals surface area contributed by atoms with Gasteiger partial charge in [0, 0.05) is 0 Å². The molecular formula is C3H6N6O. The minimum absolute atomic E-state index is 0.0729. The van der Waals surface area contributed by atoms with Gasteiger partial charge in [-0.05, 0) is 0 Å². The van der Waals surface area contributed by atoms with Gasteiger partial charge in [-0.1, -0.05) is 0 Å². The van der Waals surface area contributed by atoms with Crippen molar-refractivity contribution in [3.05, 3.63) is 0 Å². The Kier molecular flexibility index (Phi) is 1.18. The Morgan fingerprint density at radius 1 is 1.50 bits per heavy atom. The minimum atomic E-state index is -0.804. The fraction of sp³-hybridized carbons (Fsp3) is 0. The van der Waals surface area contributed by atoms with Crippen LogP contribution in [0.2, 0.25) is 0 Å². The highest BCUT2D eigenvalue weighted by molar-refractivity contribution is 5.76. The van der Waals surface area contributed by atoms with E-state index in [-0.39, 0.29) is 11.9 Å². The van der Waals surface area contributed by atoms with Crippen LogP contribution in [0.15, 0.2) is 0 Å². The monoisotopic (exact) mass is 142 g/mol. The second kappa shape index (κ2) is 1.87. The fourth-order valence-electron chi connectivity index (χ4n) is 0.503. The van der Waals surface area contributed by atoms with Crippen molar-refractivity contribution >= 4 is 17.9 Å². The van der Waals surface area contributed by atoms with E-state index in [0.29, 0.717) is 0 Å². The second-order valence-corrected chi connectivity index (χ2v) is 1.58. The van der Waals surface area contributed by atoms with Gasteiger partial charge in [0.25, 0.3) is 0 Å². The summed E-state index contributed by atoms with van der Waals surface area (Å²) in [4.78, 5) is 13.8. The van der Waals surface area contributed by atoms with Gasteiger partial charge in [-0.25, -0.2) is 4.79 Å². The van der Waals surface area contributed by atoms with Crippen LogP contribution in [0.3, 0.4) is 0 Å². The van der Waals surface area contributed by atoms with E-state index in [1.54, 1.807) is 0 Å². The molecule has 6 N–H and O–H groups in total. The number of nitrogens with two attached hydrogens (primary N) is 3. The minimum Gasteiger partial charge on any atom is -0.368 e. The third kappa shape index (κ3) is 0.835. The van der Waals surface area contributed by atoms with Crippen molar-refractivity contribution in [3.63, 3.8) is 0 Å². The number of hydrogen-bond acceptors (Lipinski definition) is 5. The van der Waals surface area contributed by atoms with Crippen molar-refractivity contribution in [1.29, 1.82) is 0 Å². The zero-order valence-electron chi connectivity index (χ0n) is 4.98. The SMILES string of the molecule is NC(=O)n1nc(N)nc1N. The van der Waals surface area contributed by atoms with Crippen molar-refractivity contribution in [1.82, 2.24) is 14.8 Å². The molecule has 1 rings (SSSR count). The fourth-order valence-corrected chi connectivity index (χ4v) is 0.503. The maximum Gasteiger partial charge on any atom is 0.342 e. The van der Waals surface area contributed by atoms with Gasteiger partial charge in [0.15, 0.2) is 0 Å². The normalized spacial score (nSPS) is 9.60. The molecule has 7 nitrogen and oxygen atoms in total. The van der Waals surface area contributed by atoms with Crippen LogP contribution in [-0.4, -0.2) is 20.8 Å². The van der Waals surface area contributed by atoms with E-state index in [1.807, 2.05) is 0 Å². The molecule has 0 unspecified atom stereocenters. The molecule has 54 valence electrons. The van der Waals surface area contributed by atoms with E-state index in [0.717, 1.165) is 4.68 Å². The number of primary amides is 1. The van der Waals surface area contributed by atoms with Gasteiger partial charge in [0.1, 0.15) is 0 Å². The maximum atomic E-state index is 10.4. The number of hydrogen-bond donors (Lipinski definition) is 3. The molecule has 0 aromatic carbocycles. The largest absolute Gasteiger partial charge is 0.368 e.